The highest BCUT2D eigenvalue weighted by atomic mass is 35.5. The van der Waals surface area contributed by atoms with Crippen LogP contribution in [-0.2, 0) is 6.42 Å². The summed E-state index contributed by atoms with van der Waals surface area (Å²) in [5.74, 6) is -0.540. The van der Waals surface area contributed by atoms with Crippen molar-refractivity contribution in [3.8, 4) is 17.3 Å². The molecular formula is C22H15Cl2N5O2. The van der Waals surface area contributed by atoms with Crippen molar-refractivity contribution in [1.82, 2.24) is 19.9 Å². The number of hydrogen-bond acceptors (Lipinski definition) is 4. The maximum absolute atomic E-state index is 12.9. The molecule has 2 N–H and O–H groups in total. The molecule has 0 unspecified atom stereocenters. The highest BCUT2D eigenvalue weighted by Crippen LogP contribution is 2.32. The van der Waals surface area contributed by atoms with Crippen molar-refractivity contribution in [2.45, 2.75) is 6.42 Å². The number of H-pyrrole nitrogens is 1. The van der Waals surface area contributed by atoms with Crippen molar-refractivity contribution in [1.29, 1.82) is 5.26 Å². The topological polar surface area (TPSA) is 103 Å². The summed E-state index contributed by atoms with van der Waals surface area (Å²) in [6.07, 6.45) is 1.81. The Morgan fingerprint density at radius 1 is 1.19 bits per heavy atom. The zero-order chi connectivity index (χ0) is 22.0. The molecule has 1 amide bonds. The van der Waals surface area contributed by atoms with Crippen LogP contribution in [0.3, 0.4) is 0 Å². The van der Waals surface area contributed by atoms with Crippen molar-refractivity contribution in [2.24, 2.45) is 0 Å². The Balaban J connectivity index is 1.66. The monoisotopic (exact) mass is 451 g/mol. The third kappa shape index (κ3) is 4.04. The summed E-state index contributed by atoms with van der Waals surface area (Å²) < 4.78 is 1.07. The van der Waals surface area contributed by atoms with Crippen LogP contribution in [0.2, 0.25) is 10.0 Å². The van der Waals surface area contributed by atoms with Gasteiger partial charge in [-0.3, -0.25) is 14.7 Å². The standard InChI is InChI=1S/C22H15Cl2N5O2/c23-14-6-7-15(18(24)10-14)19-16(11-25)20-27-12-17(22(31)29(20)28-19)21(30)26-9-8-13-4-2-1-3-5-13/h1-7,10,12,28H,8-9H2,(H,26,30). The van der Waals surface area contributed by atoms with E-state index in [4.69, 9.17) is 23.2 Å². The zero-order valence-corrected chi connectivity index (χ0v) is 17.5. The smallest absolute Gasteiger partial charge is 0.285 e. The van der Waals surface area contributed by atoms with Gasteiger partial charge in [-0.1, -0.05) is 53.5 Å². The molecule has 4 aromatic rings. The van der Waals surface area contributed by atoms with E-state index in [0.717, 1.165) is 10.1 Å². The molecule has 0 saturated heterocycles. The van der Waals surface area contributed by atoms with Gasteiger partial charge in [-0.25, -0.2) is 4.98 Å². The first-order chi connectivity index (χ1) is 15.0. The van der Waals surface area contributed by atoms with Gasteiger partial charge in [0.2, 0.25) is 0 Å². The lowest BCUT2D eigenvalue weighted by molar-refractivity contribution is 0.0952. The number of nitrogens with zero attached hydrogens (tertiary/aromatic N) is 3. The molecule has 4 rings (SSSR count). The highest BCUT2D eigenvalue weighted by molar-refractivity contribution is 6.36. The van der Waals surface area contributed by atoms with Crippen molar-refractivity contribution < 1.29 is 4.79 Å². The van der Waals surface area contributed by atoms with E-state index in [1.807, 2.05) is 36.4 Å². The van der Waals surface area contributed by atoms with Gasteiger partial charge in [0.1, 0.15) is 17.2 Å². The van der Waals surface area contributed by atoms with Crippen molar-refractivity contribution in [2.75, 3.05) is 6.54 Å². The lowest BCUT2D eigenvalue weighted by atomic mass is 10.1. The molecule has 0 aliphatic rings. The summed E-state index contributed by atoms with van der Waals surface area (Å²) in [5, 5.41) is 16.0. The fraction of sp³-hybridized carbons (Fsp3) is 0.0909. The fourth-order valence-corrected chi connectivity index (χ4v) is 3.73. The van der Waals surface area contributed by atoms with Crippen LogP contribution in [0.1, 0.15) is 21.5 Å². The third-order valence-electron chi connectivity index (χ3n) is 4.76. The van der Waals surface area contributed by atoms with Gasteiger partial charge in [-0.05, 0) is 30.2 Å². The van der Waals surface area contributed by atoms with E-state index in [-0.39, 0.29) is 16.8 Å². The Kier molecular flexibility index (Phi) is 5.76. The summed E-state index contributed by atoms with van der Waals surface area (Å²) in [6, 6.07) is 16.5. The van der Waals surface area contributed by atoms with E-state index in [0.29, 0.717) is 34.3 Å². The predicted molar refractivity (Wildman–Crippen MR) is 118 cm³/mol. The van der Waals surface area contributed by atoms with Gasteiger partial charge in [0.25, 0.3) is 11.5 Å². The van der Waals surface area contributed by atoms with E-state index in [1.54, 1.807) is 12.1 Å². The Hall–Kier alpha value is -3.60. The van der Waals surface area contributed by atoms with Crippen molar-refractivity contribution in [3.05, 3.63) is 91.8 Å². The molecule has 0 radical (unpaired) electrons. The Morgan fingerprint density at radius 3 is 2.68 bits per heavy atom. The minimum absolute atomic E-state index is 0.106. The summed E-state index contributed by atoms with van der Waals surface area (Å²) in [7, 11) is 0. The van der Waals surface area contributed by atoms with Gasteiger partial charge in [0.15, 0.2) is 5.65 Å². The largest absolute Gasteiger partial charge is 0.351 e. The molecule has 2 heterocycles. The molecule has 0 spiro atoms. The molecule has 0 fully saturated rings. The molecule has 9 heteroatoms. The lowest BCUT2D eigenvalue weighted by Gasteiger charge is -2.05. The minimum atomic E-state index is -0.616. The first-order valence-electron chi connectivity index (χ1n) is 9.31. The van der Waals surface area contributed by atoms with Gasteiger partial charge in [-0.2, -0.15) is 9.78 Å². The van der Waals surface area contributed by atoms with Crippen LogP contribution in [0.25, 0.3) is 16.9 Å². The van der Waals surface area contributed by atoms with Gasteiger partial charge in [-0.15, -0.1) is 0 Å². The lowest BCUT2D eigenvalue weighted by Crippen LogP contribution is -2.33. The van der Waals surface area contributed by atoms with Crippen LogP contribution in [-0.4, -0.2) is 27.0 Å². The van der Waals surface area contributed by atoms with E-state index in [9.17, 15) is 14.9 Å². The molecule has 2 aromatic heterocycles. The summed E-state index contributed by atoms with van der Waals surface area (Å²) in [6.45, 7) is 0.366. The van der Waals surface area contributed by atoms with E-state index in [2.05, 4.69) is 15.4 Å². The highest BCUT2D eigenvalue weighted by Gasteiger charge is 2.21. The molecule has 0 bridgehead atoms. The molecule has 7 nitrogen and oxygen atoms in total. The second-order valence-corrected chi connectivity index (χ2v) is 7.57. The number of rotatable bonds is 5. The van der Waals surface area contributed by atoms with Gasteiger partial charge in [0, 0.05) is 23.3 Å². The van der Waals surface area contributed by atoms with E-state index >= 15 is 0 Å². The van der Waals surface area contributed by atoms with Crippen molar-refractivity contribution >= 4 is 34.8 Å². The number of nitriles is 1. The number of aromatic nitrogens is 3. The molecular weight excluding hydrogens is 437 g/mol. The van der Waals surface area contributed by atoms with Crippen LogP contribution in [0.4, 0.5) is 0 Å². The van der Waals surface area contributed by atoms with Crippen LogP contribution >= 0.6 is 23.2 Å². The summed E-state index contributed by atoms with van der Waals surface area (Å²) in [5.41, 5.74) is 1.37. The number of aromatic amines is 1. The molecule has 0 saturated carbocycles. The second kappa shape index (κ2) is 8.64. The van der Waals surface area contributed by atoms with Crippen LogP contribution in [0.15, 0.2) is 59.5 Å². The van der Waals surface area contributed by atoms with Crippen molar-refractivity contribution in [3.63, 3.8) is 0 Å². The molecule has 0 aliphatic carbocycles. The van der Waals surface area contributed by atoms with Crippen LogP contribution in [0.5, 0.6) is 0 Å². The van der Waals surface area contributed by atoms with Gasteiger partial charge >= 0.3 is 0 Å². The number of halogens is 2. The second-order valence-electron chi connectivity index (χ2n) is 6.73. The Bertz CT molecular complexity index is 1390. The van der Waals surface area contributed by atoms with Gasteiger partial charge in [0.05, 0.1) is 10.7 Å². The minimum Gasteiger partial charge on any atom is -0.351 e. The number of nitrogens with one attached hydrogen (secondary N) is 2. The SMILES string of the molecule is N#Cc1c(-c2ccc(Cl)cc2Cl)[nH]n2c(=O)c(C(=O)NCCc3ccccc3)cnc12. The number of benzene rings is 2. The third-order valence-corrected chi connectivity index (χ3v) is 5.31. The quantitative estimate of drug-likeness (QED) is 0.480. The van der Waals surface area contributed by atoms with Crippen LogP contribution in [0, 0.1) is 11.3 Å². The number of hydrogen-bond donors (Lipinski definition) is 2. The average molecular weight is 452 g/mol. The summed E-state index contributed by atoms with van der Waals surface area (Å²) in [4.78, 5) is 29.6. The first-order valence-corrected chi connectivity index (χ1v) is 10.1. The normalized spacial score (nSPS) is 10.7. The molecule has 0 atom stereocenters. The van der Waals surface area contributed by atoms with E-state index < -0.39 is 11.5 Å². The maximum Gasteiger partial charge on any atom is 0.285 e. The van der Waals surface area contributed by atoms with E-state index in [1.165, 1.54) is 12.3 Å². The first kappa shape index (κ1) is 20.7. The zero-order valence-electron chi connectivity index (χ0n) is 16.0. The predicted octanol–water partition coefficient (Wildman–Crippen LogP) is 3.84. The number of amides is 1. The molecule has 0 aliphatic heterocycles. The Labute approximate surface area is 186 Å². The molecule has 31 heavy (non-hydrogen) atoms. The average Bonchev–Trinajstić information content (AvgIpc) is 3.14. The Morgan fingerprint density at radius 2 is 1.97 bits per heavy atom. The maximum atomic E-state index is 12.9. The number of carbonyl (C=O) groups is 1. The number of carbonyl (C=O) groups excluding carboxylic acids is 1. The molecule has 2 aromatic carbocycles. The van der Waals surface area contributed by atoms with Gasteiger partial charge < -0.3 is 5.32 Å². The fourth-order valence-electron chi connectivity index (χ4n) is 3.22. The van der Waals surface area contributed by atoms with Crippen LogP contribution < -0.4 is 10.9 Å². The summed E-state index contributed by atoms with van der Waals surface area (Å²) >= 11 is 12.2. The number of fused-ring (bicyclic) bond motifs is 1. The molecule has 154 valence electrons.